The number of ether oxygens (including phenoxy) is 4. The van der Waals surface area contributed by atoms with Crippen molar-refractivity contribution < 1.29 is 73.9 Å². The lowest BCUT2D eigenvalue weighted by Gasteiger charge is -2.46. The summed E-state index contributed by atoms with van der Waals surface area (Å²) in [5.74, 6) is -1.34. The standard InChI is InChI=1S/C59H66N4O15/c1-4-31-22-37-15-14-34-12-13-35(43(28-65)49(34)58(37,72)26-31)24-42-50(68)48-47-41(53(42)78-56-55(75-20-19-63-57(61)62)59(73,74)54(71)29(2)76-56)10-6-9-38(60)16-17-39(67)23-33-8-5-7-32(21-33)11-18-40-44(77-30(3)66)25-36(27-64)45(51(48)69)46(40)52(47)70/h5,7-8,11-13,18,21,25,28-29,31,37-39,54-56,64,67-68,71-74H,4,10,14-17,19-20,22-24,26-27,60H2,1-3H3,(H4,61,62,63)/b18-11+/t29-,31+,37+,38-,39+,54+,55-,56+,58+/m0/s1. The number of aromatic hydroxyl groups is 1. The third-order valence-corrected chi connectivity index (χ3v) is 16.0. The third kappa shape index (κ3) is 10.5. The average Bonchev–Trinajstić information content (AvgIpc) is 3.93. The number of aliphatic hydroxyl groups is 6. The number of rotatable bonds is 12. The number of carbonyl (C=O) groups is 4. The Kier molecular flexibility index (Phi) is 16.1. The normalized spacial score (nSPS) is 26.5. The lowest BCUT2D eigenvalue weighted by molar-refractivity contribution is -0.378. The number of carbonyl (C=O) groups excluding carboxylic acids is 4. The van der Waals surface area contributed by atoms with Gasteiger partial charge in [-0.05, 0) is 109 Å². The molecule has 4 aromatic carbocycles. The van der Waals surface area contributed by atoms with Crippen LogP contribution in [0.5, 0.6) is 17.2 Å². The minimum atomic E-state index is -3.11. The zero-order chi connectivity index (χ0) is 56.0. The second-order valence-corrected chi connectivity index (χ2v) is 21.1. The number of aliphatic hydroxyl groups excluding tert-OH is 3. The second kappa shape index (κ2) is 22.5. The molecule has 9 atom stereocenters. The first-order valence-electron chi connectivity index (χ1n) is 26.3. The number of hydrogen-bond donors (Lipinski definition) is 10. The number of phenolic OH excluding ortho intramolecular Hbond substituents is 1. The fourth-order valence-corrected chi connectivity index (χ4v) is 12.2. The van der Waals surface area contributed by atoms with Crippen molar-refractivity contribution in [2.24, 2.45) is 34.0 Å². The molecule has 4 aliphatic carbocycles. The van der Waals surface area contributed by atoms with Crippen molar-refractivity contribution in [1.29, 1.82) is 0 Å². The zero-order valence-corrected chi connectivity index (χ0v) is 43.7. The van der Waals surface area contributed by atoms with Crippen LogP contribution in [0.2, 0.25) is 0 Å². The molecule has 0 unspecified atom stereocenters. The van der Waals surface area contributed by atoms with Crippen molar-refractivity contribution in [3.05, 3.63) is 120 Å². The van der Waals surface area contributed by atoms with Gasteiger partial charge in [-0.3, -0.25) is 24.2 Å². The summed E-state index contributed by atoms with van der Waals surface area (Å²) < 4.78 is 24.6. The predicted octanol–water partition coefficient (Wildman–Crippen LogP) is 3.12. The van der Waals surface area contributed by atoms with Crippen molar-refractivity contribution in [2.45, 2.75) is 140 Å². The van der Waals surface area contributed by atoms with Crippen LogP contribution in [0.25, 0.3) is 12.2 Å². The van der Waals surface area contributed by atoms with E-state index in [0.29, 0.717) is 36.7 Å². The molecule has 5 aliphatic rings. The Labute approximate surface area is 450 Å². The summed E-state index contributed by atoms with van der Waals surface area (Å²) in [7, 11) is 0. The topological polar surface area (TPSA) is 337 Å². The van der Waals surface area contributed by atoms with Gasteiger partial charge in [-0.25, -0.2) is 0 Å². The van der Waals surface area contributed by atoms with Crippen molar-refractivity contribution >= 4 is 41.9 Å². The number of hydrogen-bond acceptors (Lipinski definition) is 17. The highest BCUT2D eigenvalue weighted by molar-refractivity contribution is 6.32. The minimum Gasteiger partial charge on any atom is -0.507 e. The minimum absolute atomic E-state index is 0.0470. The maximum atomic E-state index is 16.0. The van der Waals surface area contributed by atoms with Crippen molar-refractivity contribution in [2.75, 3.05) is 13.2 Å². The summed E-state index contributed by atoms with van der Waals surface area (Å²) in [6.07, 6.45) is -1.19. The Morgan fingerprint density at radius 3 is 2.47 bits per heavy atom. The molecule has 0 spiro atoms. The summed E-state index contributed by atoms with van der Waals surface area (Å²) in [6, 6.07) is 11.1. The van der Waals surface area contributed by atoms with E-state index in [1.54, 1.807) is 24.3 Å². The molecule has 412 valence electrons. The number of nitrogens with two attached hydrogens (primary N) is 3. The molecule has 19 heteroatoms. The Balaban J connectivity index is 1.34. The first kappa shape index (κ1) is 55.9. The van der Waals surface area contributed by atoms with Crippen LogP contribution in [-0.4, -0.2) is 121 Å². The maximum absolute atomic E-state index is 16.0. The fraction of sp³-hybridized carbons (Fsp3) is 0.441. The number of nitrogens with zero attached hydrogens (tertiary/aromatic N) is 1. The summed E-state index contributed by atoms with van der Waals surface area (Å²) >= 11 is 0. The number of fused-ring (bicyclic) bond motifs is 5. The van der Waals surface area contributed by atoms with Crippen LogP contribution in [-0.2, 0) is 52.2 Å². The number of aliphatic imine (C=N–C) groups is 1. The number of esters is 1. The van der Waals surface area contributed by atoms with Crippen LogP contribution in [0.1, 0.15) is 152 Å². The van der Waals surface area contributed by atoms with Crippen molar-refractivity contribution in [3.8, 4) is 29.1 Å². The quantitative estimate of drug-likeness (QED) is 0.0125. The largest absolute Gasteiger partial charge is 0.507 e. The SMILES string of the molecule is CC[C@@H]1C[C@H]2CCc3ccc(Cc4c(O)c5c6c(c4O[C@H]4O[C@@H](C)[C@@H](O)C(O)(O)[C@H]4OCCN=C(N)N)CC#C[C@H](N)CC[C@@H](O)Cc4cccc(c4)/C=C/c4c(OC(C)=O)cc(CO)c(c4C6=O)C5=O)c(C=O)c3[C@@]2(O)C1. The molecule has 0 aromatic heterocycles. The number of phenols is 1. The zero-order valence-electron chi connectivity index (χ0n) is 43.7. The van der Waals surface area contributed by atoms with Crippen LogP contribution in [0.15, 0.2) is 47.5 Å². The molecule has 1 saturated heterocycles. The molecule has 0 radical (unpaired) electrons. The number of aryl methyl sites for hydroxylation is 1. The molecule has 9 rings (SSSR count). The lowest BCUT2D eigenvalue weighted by atomic mass is 9.70. The molecule has 4 bridgehead atoms. The van der Waals surface area contributed by atoms with Gasteiger partial charge in [0, 0.05) is 58.7 Å². The van der Waals surface area contributed by atoms with Gasteiger partial charge < -0.3 is 71.9 Å². The van der Waals surface area contributed by atoms with Gasteiger partial charge >= 0.3 is 5.97 Å². The van der Waals surface area contributed by atoms with Crippen LogP contribution >= 0.6 is 0 Å². The third-order valence-electron chi connectivity index (χ3n) is 16.0. The molecule has 13 N–H and O–H groups in total. The molecule has 1 aliphatic heterocycles. The van der Waals surface area contributed by atoms with E-state index in [1.165, 1.54) is 19.1 Å². The van der Waals surface area contributed by atoms with E-state index >= 15 is 9.59 Å². The predicted molar refractivity (Wildman–Crippen MR) is 284 cm³/mol. The van der Waals surface area contributed by atoms with Crippen molar-refractivity contribution in [3.63, 3.8) is 0 Å². The Hall–Kier alpha value is -6.83. The average molecular weight is 1070 g/mol. The van der Waals surface area contributed by atoms with Crippen LogP contribution < -0.4 is 26.7 Å². The van der Waals surface area contributed by atoms with E-state index in [9.17, 15) is 45.3 Å². The highest BCUT2D eigenvalue weighted by atomic mass is 16.7. The number of benzene rings is 4. The first-order chi connectivity index (χ1) is 37.2. The van der Waals surface area contributed by atoms with Gasteiger partial charge in [0.05, 0.1) is 49.2 Å². The maximum Gasteiger partial charge on any atom is 0.308 e. The first-order valence-corrected chi connectivity index (χ1v) is 26.3. The molecule has 78 heavy (non-hydrogen) atoms. The summed E-state index contributed by atoms with van der Waals surface area (Å²) in [5.41, 5.74) is 17.2. The van der Waals surface area contributed by atoms with Gasteiger partial charge in [0.1, 0.15) is 23.4 Å². The van der Waals surface area contributed by atoms with E-state index in [4.69, 9.17) is 36.1 Å². The van der Waals surface area contributed by atoms with E-state index in [1.807, 2.05) is 18.2 Å². The molecule has 2 fully saturated rings. The monoisotopic (exact) mass is 1070 g/mol. The smallest absolute Gasteiger partial charge is 0.308 e. The van der Waals surface area contributed by atoms with Gasteiger partial charge in [0.25, 0.3) is 0 Å². The van der Waals surface area contributed by atoms with Crippen molar-refractivity contribution in [1.82, 2.24) is 0 Å². The summed E-state index contributed by atoms with van der Waals surface area (Å²) in [5, 5.41) is 82.2. The van der Waals surface area contributed by atoms with E-state index in [0.717, 1.165) is 30.9 Å². The second-order valence-electron chi connectivity index (χ2n) is 21.1. The van der Waals surface area contributed by atoms with E-state index in [-0.39, 0.29) is 106 Å². The number of ketones is 2. The van der Waals surface area contributed by atoms with Crippen LogP contribution in [0.4, 0.5) is 0 Å². The van der Waals surface area contributed by atoms with Crippen LogP contribution in [0, 0.1) is 23.7 Å². The van der Waals surface area contributed by atoms with Gasteiger partial charge in [-0.2, -0.15) is 0 Å². The molecule has 0 amide bonds. The van der Waals surface area contributed by atoms with E-state index < -0.39 is 102 Å². The number of aldehydes is 1. The van der Waals surface area contributed by atoms with Gasteiger partial charge in [-0.15, -0.1) is 0 Å². The molecular formula is C59H66N4O15. The lowest BCUT2D eigenvalue weighted by Crippen LogP contribution is -2.67. The highest BCUT2D eigenvalue weighted by Gasteiger charge is 2.56. The van der Waals surface area contributed by atoms with Crippen LogP contribution in [0.3, 0.4) is 0 Å². The van der Waals surface area contributed by atoms with E-state index in [2.05, 4.69) is 23.8 Å². The molecule has 4 aromatic rings. The van der Waals surface area contributed by atoms with Gasteiger partial charge in [0.15, 0.2) is 29.9 Å². The molecule has 1 heterocycles. The fourth-order valence-electron chi connectivity index (χ4n) is 12.2. The van der Waals surface area contributed by atoms with Gasteiger partial charge in [0.2, 0.25) is 12.1 Å². The number of guanidine groups is 1. The Bertz CT molecular complexity index is 3190. The summed E-state index contributed by atoms with van der Waals surface area (Å²) in [6.45, 7) is 3.13. The Morgan fingerprint density at radius 1 is 0.987 bits per heavy atom. The van der Waals surface area contributed by atoms with Gasteiger partial charge in [-0.1, -0.05) is 67.7 Å². The Morgan fingerprint density at radius 2 is 1.76 bits per heavy atom. The summed E-state index contributed by atoms with van der Waals surface area (Å²) in [4.78, 5) is 61.9. The highest BCUT2D eigenvalue weighted by Crippen LogP contribution is 2.55. The molecule has 19 nitrogen and oxygen atoms in total. The molecular weight excluding hydrogens is 1000 g/mol. The molecule has 1 saturated carbocycles.